The Morgan fingerprint density at radius 1 is 1.06 bits per heavy atom. The Labute approximate surface area is 212 Å². The second-order valence-electron chi connectivity index (χ2n) is 8.19. The van der Waals surface area contributed by atoms with E-state index in [0.717, 1.165) is 48.5 Å². The van der Waals surface area contributed by atoms with Gasteiger partial charge >= 0.3 is 6.03 Å². The van der Waals surface area contributed by atoms with Crippen LogP contribution in [-0.2, 0) is 19.5 Å². The van der Waals surface area contributed by atoms with Crippen LogP contribution in [0.1, 0.15) is 32.8 Å². The summed E-state index contributed by atoms with van der Waals surface area (Å²) in [5, 5.41) is 12.9. The molecule has 0 saturated carbocycles. The first-order chi connectivity index (χ1) is 17.0. The number of carbonyl (C=O) groups is 2. The van der Waals surface area contributed by atoms with Gasteiger partial charge in [0.15, 0.2) is 0 Å². The molecule has 1 aromatic heterocycles. The predicted molar refractivity (Wildman–Crippen MR) is 140 cm³/mol. The first-order valence-corrected chi connectivity index (χ1v) is 12.5. The lowest BCUT2D eigenvalue weighted by atomic mass is 10.0. The van der Waals surface area contributed by atoms with E-state index in [4.69, 9.17) is 11.6 Å². The number of fused-ring (bicyclic) bond motifs is 1. The summed E-state index contributed by atoms with van der Waals surface area (Å²) in [6, 6.07) is 15.6. The number of amides is 3. The molecule has 10 heteroatoms. The van der Waals surface area contributed by atoms with E-state index in [1.54, 1.807) is 36.4 Å². The Hall–Kier alpha value is -3.27. The van der Waals surface area contributed by atoms with Crippen molar-refractivity contribution in [1.29, 1.82) is 0 Å². The topological polar surface area (TPSA) is 103 Å². The Bertz CT molecular complexity index is 1180. The normalized spacial score (nSPS) is 13.1. The van der Waals surface area contributed by atoms with Gasteiger partial charge in [0.05, 0.1) is 0 Å². The molecule has 3 aromatic rings. The Kier molecular flexibility index (Phi) is 8.46. The minimum atomic E-state index is -0.385. The molecule has 0 saturated heterocycles. The highest BCUT2D eigenvalue weighted by molar-refractivity contribution is 7.16. The summed E-state index contributed by atoms with van der Waals surface area (Å²) in [6.07, 6.45) is 1.62. The monoisotopic (exact) mass is 511 g/mol. The van der Waals surface area contributed by atoms with Crippen molar-refractivity contribution in [2.24, 2.45) is 5.18 Å². The van der Waals surface area contributed by atoms with Crippen molar-refractivity contribution in [2.45, 2.75) is 25.9 Å². The molecule has 35 heavy (non-hydrogen) atoms. The van der Waals surface area contributed by atoms with Crippen LogP contribution in [0.15, 0.2) is 59.8 Å². The third kappa shape index (κ3) is 6.66. The van der Waals surface area contributed by atoms with E-state index in [-0.39, 0.29) is 18.5 Å². The van der Waals surface area contributed by atoms with Crippen LogP contribution in [0.5, 0.6) is 0 Å². The maximum atomic E-state index is 12.5. The van der Waals surface area contributed by atoms with E-state index >= 15 is 0 Å². The van der Waals surface area contributed by atoms with Gasteiger partial charge in [0.25, 0.3) is 5.91 Å². The fourth-order valence-electron chi connectivity index (χ4n) is 4.04. The molecule has 0 bridgehead atoms. The summed E-state index contributed by atoms with van der Waals surface area (Å²) >= 11 is 7.38. The molecular weight excluding hydrogens is 486 g/mol. The van der Waals surface area contributed by atoms with Gasteiger partial charge in [-0.3, -0.25) is 15.0 Å². The molecule has 1 aliphatic rings. The summed E-state index contributed by atoms with van der Waals surface area (Å²) in [5.74, 6) is -0.0663. The Morgan fingerprint density at radius 3 is 2.57 bits per heavy atom. The van der Waals surface area contributed by atoms with E-state index in [0.29, 0.717) is 27.8 Å². The van der Waals surface area contributed by atoms with Gasteiger partial charge in [-0.1, -0.05) is 35.0 Å². The highest BCUT2D eigenvalue weighted by atomic mass is 35.5. The van der Waals surface area contributed by atoms with Crippen molar-refractivity contribution in [3.63, 3.8) is 0 Å². The van der Waals surface area contributed by atoms with Gasteiger partial charge in [-0.25, -0.2) is 4.79 Å². The van der Waals surface area contributed by atoms with Crippen LogP contribution in [-0.4, -0.2) is 36.5 Å². The van der Waals surface area contributed by atoms with Crippen molar-refractivity contribution in [3.8, 4) is 0 Å². The number of nitroso groups, excluding NO2 is 1. The van der Waals surface area contributed by atoms with Gasteiger partial charge in [0.1, 0.15) is 11.5 Å². The summed E-state index contributed by atoms with van der Waals surface area (Å²) in [5.41, 5.74) is 3.17. The van der Waals surface area contributed by atoms with Gasteiger partial charge in [0, 0.05) is 52.9 Å². The number of rotatable bonds is 9. The number of carbonyl (C=O) groups excluding carboxylic acids is 2. The molecule has 2 heterocycles. The number of nitrogens with one attached hydrogen (secondary N) is 3. The van der Waals surface area contributed by atoms with Gasteiger partial charge in [-0.05, 0) is 54.8 Å². The molecule has 1 aliphatic heterocycles. The van der Waals surface area contributed by atoms with Crippen molar-refractivity contribution in [3.05, 3.63) is 86.1 Å². The second kappa shape index (κ2) is 11.9. The number of nitrogens with zero attached hydrogens (tertiary/aromatic N) is 2. The van der Waals surface area contributed by atoms with Crippen LogP contribution in [0.25, 0.3) is 0 Å². The SMILES string of the molecule is O=NCc1c(NC(=O)Nc2ccc(Cl)cc2)sc2c1CCN(CCCNC(=O)c1ccccc1)C2. The maximum Gasteiger partial charge on any atom is 0.324 e. The van der Waals surface area contributed by atoms with E-state index in [1.807, 2.05) is 18.2 Å². The van der Waals surface area contributed by atoms with Gasteiger partial charge in [0.2, 0.25) is 0 Å². The number of urea groups is 1. The molecule has 0 atom stereocenters. The van der Waals surface area contributed by atoms with Crippen LogP contribution in [0.3, 0.4) is 0 Å². The molecule has 0 radical (unpaired) electrons. The number of thiophene rings is 1. The largest absolute Gasteiger partial charge is 0.352 e. The van der Waals surface area contributed by atoms with E-state index in [9.17, 15) is 14.5 Å². The zero-order valence-electron chi connectivity index (χ0n) is 19.1. The molecule has 182 valence electrons. The van der Waals surface area contributed by atoms with E-state index < -0.39 is 0 Å². The highest BCUT2D eigenvalue weighted by Gasteiger charge is 2.25. The molecule has 0 spiro atoms. The summed E-state index contributed by atoms with van der Waals surface area (Å²) in [4.78, 5) is 39.2. The van der Waals surface area contributed by atoms with Gasteiger partial charge < -0.3 is 10.6 Å². The second-order valence-corrected chi connectivity index (χ2v) is 9.73. The summed E-state index contributed by atoms with van der Waals surface area (Å²) in [7, 11) is 0. The quantitative estimate of drug-likeness (QED) is 0.261. The fraction of sp³-hybridized carbons (Fsp3) is 0.280. The third-order valence-corrected chi connectivity index (χ3v) is 7.20. The fourth-order valence-corrected chi connectivity index (χ4v) is 5.46. The Morgan fingerprint density at radius 2 is 1.83 bits per heavy atom. The average molecular weight is 512 g/mol. The highest BCUT2D eigenvalue weighted by Crippen LogP contribution is 2.37. The van der Waals surface area contributed by atoms with Crippen LogP contribution >= 0.6 is 22.9 Å². The maximum absolute atomic E-state index is 12.5. The molecule has 3 amide bonds. The smallest absolute Gasteiger partial charge is 0.324 e. The van der Waals surface area contributed by atoms with Crippen LogP contribution < -0.4 is 16.0 Å². The van der Waals surface area contributed by atoms with Crippen LogP contribution in [0.4, 0.5) is 15.5 Å². The molecule has 4 rings (SSSR count). The number of hydrogen-bond donors (Lipinski definition) is 3. The molecule has 8 nitrogen and oxygen atoms in total. The van der Waals surface area contributed by atoms with Gasteiger partial charge in [-0.15, -0.1) is 11.3 Å². The average Bonchev–Trinajstić information content (AvgIpc) is 3.19. The molecule has 2 aromatic carbocycles. The summed E-state index contributed by atoms with van der Waals surface area (Å²) in [6.45, 7) is 3.04. The number of halogens is 1. The van der Waals surface area contributed by atoms with Crippen LogP contribution in [0.2, 0.25) is 5.02 Å². The number of hydrogen-bond acceptors (Lipinski definition) is 6. The van der Waals surface area contributed by atoms with E-state index in [2.05, 4.69) is 26.0 Å². The standard InChI is InChI=1S/C25H26ClN5O3S/c26-18-7-9-19(10-8-18)29-25(33)30-24-21(15-28-34)20-11-14-31(16-22(20)35-24)13-4-12-27-23(32)17-5-2-1-3-6-17/h1-3,5-10H,4,11-16H2,(H,27,32)(H2,29,30,33). The molecule has 0 unspecified atom stereocenters. The lowest BCUT2D eigenvalue weighted by molar-refractivity contribution is 0.0951. The molecule has 3 N–H and O–H groups in total. The predicted octanol–water partition coefficient (Wildman–Crippen LogP) is 5.49. The van der Waals surface area contributed by atoms with Crippen molar-refractivity contribution < 1.29 is 9.59 Å². The minimum Gasteiger partial charge on any atom is -0.352 e. The zero-order chi connectivity index (χ0) is 24.6. The Balaban J connectivity index is 1.32. The number of benzene rings is 2. The molecular formula is C25H26ClN5O3S. The molecule has 0 aliphatic carbocycles. The minimum absolute atomic E-state index is 0.0217. The lowest BCUT2D eigenvalue weighted by Crippen LogP contribution is -2.33. The van der Waals surface area contributed by atoms with Crippen molar-refractivity contribution >= 4 is 45.6 Å². The third-order valence-electron chi connectivity index (χ3n) is 5.77. The van der Waals surface area contributed by atoms with E-state index in [1.165, 1.54) is 11.3 Å². The first kappa shape index (κ1) is 24.8. The van der Waals surface area contributed by atoms with Crippen LogP contribution in [0, 0.1) is 4.91 Å². The lowest BCUT2D eigenvalue weighted by Gasteiger charge is -2.27. The van der Waals surface area contributed by atoms with Crippen molar-refractivity contribution in [2.75, 3.05) is 30.3 Å². The number of anilines is 2. The zero-order valence-corrected chi connectivity index (χ0v) is 20.6. The first-order valence-electron chi connectivity index (χ1n) is 11.3. The summed E-state index contributed by atoms with van der Waals surface area (Å²) < 4.78 is 0. The van der Waals surface area contributed by atoms with Crippen molar-refractivity contribution in [1.82, 2.24) is 10.2 Å². The van der Waals surface area contributed by atoms with Gasteiger partial charge in [-0.2, -0.15) is 4.91 Å². The molecule has 0 fully saturated rings.